The summed E-state index contributed by atoms with van der Waals surface area (Å²) in [5.41, 5.74) is 1.59. The molecular weight excluding hydrogens is 326 g/mol. The average Bonchev–Trinajstić information content (AvgIpc) is 2.61. The van der Waals surface area contributed by atoms with Gasteiger partial charge < -0.3 is 14.2 Å². The van der Waals surface area contributed by atoms with Crippen LogP contribution in [0.15, 0.2) is 17.8 Å². The number of allylic oxidation sites excluding steroid dienone is 1. The number of hydrogen-bond acceptors (Lipinski definition) is 6. The van der Waals surface area contributed by atoms with E-state index in [1.807, 2.05) is 6.07 Å². The standard InChI is InChI=1S/C18H25NO6/c1-13(19(21)22)10-15-12-16(23-2)14(11-17(15)24-3)8-6-5-7-9-18(20)25-4/h10-12H,5-9H2,1-4H3/b13-10+. The smallest absolute Gasteiger partial charge is 0.305 e. The number of hydrogen-bond donors (Lipinski definition) is 0. The Morgan fingerprint density at radius 2 is 1.80 bits per heavy atom. The Labute approximate surface area is 147 Å². The number of rotatable bonds is 10. The molecule has 7 heteroatoms. The maximum atomic E-state index is 11.1. The van der Waals surface area contributed by atoms with Crippen LogP contribution in [-0.4, -0.2) is 32.2 Å². The molecule has 0 aromatic heterocycles. The Kier molecular flexibility index (Phi) is 8.46. The fourth-order valence-corrected chi connectivity index (χ4v) is 2.43. The lowest BCUT2D eigenvalue weighted by Gasteiger charge is -2.13. The van der Waals surface area contributed by atoms with Crippen molar-refractivity contribution < 1.29 is 23.9 Å². The van der Waals surface area contributed by atoms with Gasteiger partial charge in [-0.05, 0) is 37.0 Å². The third-order valence-corrected chi connectivity index (χ3v) is 3.84. The largest absolute Gasteiger partial charge is 0.496 e. The van der Waals surface area contributed by atoms with Crippen LogP contribution >= 0.6 is 0 Å². The predicted molar refractivity (Wildman–Crippen MR) is 94.4 cm³/mol. The maximum absolute atomic E-state index is 11.1. The number of unbranched alkanes of at least 4 members (excludes halogenated alkanes) is 2. The molecule has 0 spiro atoms. The number of esters is 1. The molecule has 0 fully saturated rings. The molecule has 0 aliphatic heterocycles. The average molecular weight is 351 g/mol. The highest BCUT2D eigenvalue weighted by molar-refractivity contribution is 5.69. The van der Waals surface area contributed by atoms with Crippen LogP contribution in [-0.2, 0) is 16.0 Å². The molecule has 138 valence electrons. The van der Waals surface area contributed by atoms with Gasteiger partial charge in [0, 0.05) is 25.0 Å². The van der Waals surface area contributed by atoms with Gasteiger partial charge in [-0.2, -0.15) is 0 Å². The van der Waals surface area contributed by atoms with E-state index < -0.39 is 4.92 Å². The summed E-state index contributed by atoms with van der Waals surface area (Å²) in [5, 5.41) is 10.8. The zero-order valence-electron chi connectivity index (χ0n) is 15.2. The quantitative estimate of drug-likeness (QED) is 0.277. The molecular formula is C18H25NO6. The first-order valence-electron chi connectivity index (χ1n) is 8.07. The van der Waals surface area contributed by atoms with E-state index in [1.165, 1.54) is 27.2 Å². The summed E-state index contributed by atoms with van der Waals surface area (Å²) in [6, 6.07) is 3.59. The van der Waals surface area contributed by atoms with Crippen molar-refractivity contribution in [2.24, 2.45) is 0 Å². The number of ether oxygens (including phenoxy) is 3. The van der Waals surface area contributed by atoms with Crippen molar-refractivity contribution in [3.8, 4) is 11.5 Å². The molecule has 0 bridgehead atoms. The highest BCUT2D eigenvalue weighted by Gasteiger charge is 2.13. The fraction of sp³-hybridized carbons (Fsp3) is 0.500. The van der Waals surface area contributed by atoms with Gasteiger partial charge in [0.1, 0.15) is 11.5 Å². The van der Waals surface area contributed by atoms with Crippen molar-refractivity contribution in [3.63, 3.8) is 0 Å². The van der Waals surface area contributed by atoms with E-state index in [0.29, 0.717) is 23.5 Å². The Hall–Kier alpha value is -2.57. The molecule has 0 atom stereocenters. The van der Waals surface area contributed by atoms with Crippen LogP contribution in [0, 0.1) is 10.1 Å². The Bertz CT molecular complexity index is 639. The van der Waals surface area contributed by atoms with Crippen LogP contribution in [0.4, 0.5) is 0 Å². The second-order valence-corrected chi connectivity index (χ2v) is 5.59. The van der Waals surface area contributed by atoms with Crippen molar-refractivity contribution >= 4 is 12.0 Å². The van der Waals surface area contributed by atoms with E-state index in [2.05, 4.69) is 4.74 Å². The van der Waals surface area contributed by atoms with Crippen molar-refractivity contribution in [2.75, 3.05) is 21.3 Å². The molecule has 0 saturated carbocycles. The van der Waals surface area contributed by atoms with Crippen molar-refractivity contribution in [3.05, 3.63) is 39.1 Å². The molecule has 0 amide bonds. The summed E-state index contributed by atoms with van der Waals surface area (Å²) in [6.45, 7) is 1.43. The molecule has 0 unspecified atom stereocenters. The summed E-state index contributed by atoms with van der Waals surface area (Å²) < 4.78 is 15.4. The number of carbonyl (C=O) groups excluding carboxylic acids is 1. The lowest BCUT2D eigenvalue weighted by molar-refractivity contribution is -0.422. The van der Waals surface area contributed by atoms with E-state index in [4.69, 9.17) is 9.47 Å². The second-order valence-electron chi connectivity index (χ2n) is 5.59. The van der Waals surface area contributed by atoms with Gasteiger partial charge in [0.25, 0.3) is 0 Å². The van der Waals surface area contributed by atoms with Gasteiger partial charge in [-0.25, -0.2) is 0 Å². The lowest BCUT2D eigenvalue weighted by atomic mass is 10.0. The van der Waals surface area contributed by atoms with Gasteiger partial charge in [0.15, 0.2) is 0 Å². The molecule has 0 aliphatic carbocycles. The summed E-state index contributed by atoms with van der Waals surface area (Å²) in [7, 11) is 4.48. The second kappa shape index (κ2) is 10.3. The van der Waals surface area contributed by atoms with E-state index >= 15 is 0 Å². The first kappa shape index (κ1) is 20.5. The minimum absolute atomic E-state index is 0.0240. The van der Waals surface area contributed by atoms with Crippen LogP contribution in [0.1, 0.15) is 43.7 Å². The van der Waals surface area contributed by atoms with Crippen LogP contribution in [0.25, 0.3) is 6.08 Å². The zero-order chi connectivity index (χ0) is 18.8. The SMILES string of the molecule is COC(=O)CCCCCc1cc(OC)c(/C=C(\C)[N+](=O)[O-])cc1OC. The van der Waals surface area contributed by atoms with Crippen molar-refractivity contribution in [2.45, 2.75) is 39.0 Å². The van der Waals surface area contributed by atoms with Crippen LogP contribution < -0.4 is 9.47 Å². The van der Waals surface area contributed by atoms with Gasteiger partial charge in [-0.3, -0.25) is 14.9 Å². The zero-order valence-corrected chi connectivity index (χ0v) is 15.2. The molecule has 1 rings (SSSR count). The number of carbonyl (C=O) groups is 1. The molecule has 0 N–H and O–H groups in total. The minimum atomic E-state index is -0.443. The Balaban J connectivity index is 2.85. The van der Waals surface area contributed by atoms with Gasteiger partial charge in [0.05, 0.1) is 26.3 Å². The molecule has 0 aliphatic rings. The predicted octanol–water partition coefficient (Wildman–Crippen LogP) is 3.62. The molecule has 25 heavy (non-hydrogen) atoms. The van der Waals surface area contributed by atoms with Crippen molar-refractivity contribution in [1.29, 1.82) is 0 Å². The molecule has 1 aromatic rings. The lowest BCUT2D eigenvalue weighted by Crippen LogP contribution is -2.00. The van der Waals surface area contributed by atoms with E-state index in [1.54, 1.807) is 13.2 Å². The number of nitro groups is 1. The third kappa shape index (κ3) is 6.45. The summed E-state index contributed by atoms with van der Waals surface area (Å²) in [4.78, 5) is 21.5. The van der Waals surface area contributed by atoms with Crippen LogP contribution in [0.3, 0.4) is 0 Å². The number of nitrogens with zero attached hydrogens (tertiary/aromatic N) is 1. The number of benzene rings is 1. The van der Waals surface area contributed by atoms with Crippen molar-refractivity contribution in [1.82, 2.24) is 0 Å². The van der Waals surface area contributed by atoms with E-state index in [9.17, 15) is 14.9 Å². The van der Waals surface area contributed by atoms with Crippen LogP contribution in [0.2, 0.25) is 0 Å². The number of aryl methyl sites for hydroxylation is 1. The monoisotopic (exact) mass is 351 g/mol. The summed E-state index contributed by atoms with van der Waals surface area (Å²) >= 11 is 0. The van der Waals surface area contributed by atoms with Gasteiger partial charge >= 0.3 is 5.97 Å². The van der Waals surface area contributed by atoms with Gasteiger partial charge in [0.2, 0.25) is 5.70 Å². The first-order valence-corrected chi connectivity index (χ1v) is 8.07. The molecule has 7 nitrogen and oxygen atoms in total. The summed E-state index contributed by atoms with van der Waals surface area (Å²) in [6.07, 6.45) is 5.19. The topological polar surface area (TPSA) is 87.9 Å². The minimum Gasteiger partial charge on any atom is -0.496 e. The number of methoxy groups -OCH3 is 3. The molecule has 0 heterocycles. The third-order valence-electron chi connectivity index (χ3n) is 3.84. The first-order chi connectivity index (χ1) is 11.9. The highest BCUT2D eigenvalue weighted by Crippen LogP contribution is 2.31. The molecule has 1 aromatic carbocycles. The highest BCUT2D eigenvalue weighted by atomic mass is 16.6. The van der Waals surface area contributed by atoms with Crippen LogP contribution in [0.5, 0.6) is 11.5 Å². The van der Waals surface area contributed by atoms with Gasteiger partial charge in [-0.15, -0.1) is 0 Å². The fourth-order valence-electron chi connectivity index (χ4n) is 2.43. The van der Waals surface area contributed by atoms with E-state index in [0.717, 1.165) is 31.2 Å². The summed E-state index contributed by atoms with van der Waals surface area (Å²) in [5.74, 6) is 1.03. The Morgan fingerprint density at radius 1 is 1.12 bits per heavy atom. The Morgan fingerprint density at radius 3 is 2.36 bits per heavy atom. The maximum Gasteiger partial charge on any atom is 0.305 e. The normalized spacial score (nSPS) is 11.1. The van der Waals surface area contributed by atoms with Gasteiger partial charge in [-0.1, -0.05) is 6.42 Å². The molecule has 0 saturated heterocycles. The van der Waals surface area contributed by atoms with E-state index in [-0.39, 0.29) is 11.7 Å². The molecule has 0 radical (unpaired) electrons.